The minimum atomic E-state index is -0.403. The lowest BCUT2D eigenvalue weighted by Crippen LogP contribution is -2.38. The van der Waals surface area contributed by atoms with Gasteiger partial charge in [-0.3, -0.25) is 9.59 Å². The van der Waals surface area contributed by atoms with Gasteiger partial charge < -0.3 is 16.0 Å². The van der Waals surface area contributed by atoms with E-state index in [4.69, 9.17) is 5.73 Å². The second-order valence-corrected chi connectivity index (χ2v) is 8.32. The monoisotopic (exact) mass is 433 g/mol. The molecule has 3 N–H and O–H groups in total. The molecule has 2 unspecified atom stereocenters. The quantitative estimate of drug-likeness (QED) is 0.750. The number of hydrogen-bond acceptors (Lipinski definition) is 4. The summed E-state index contributed by atoms with van der Waals surface area (Å²) in [5.74, 6) is 1.41. The number of anilines is 1. The summed E-state index contributed by atoms with van der Waals surface area (Å²) < 4.78 is 0. The molecule has 0 aromatic heterocycles. The van der Waals surface area contributed by atoms with Gasteiger partial charge in [-0.05, 0) is 30.2 Å². The highest BCUT2D eigenvalue weighted by Gasteiger charge is 2.24. The Balaban J connectivity index is 0.00000300. The van der Waals surface area contributed by atoms with Gasteiger partial charge >= 0.3 is 0 Å². The van der Waals surface area contributed by atoms with Crippen molar-refractivity contribution < 1.29 is 9.59 Å². The summed E-state index contributed by atoms with van der Waals surface area (Å²) in [4.78, 5) is 27.5. The summed E-state index contributed by atoms with van der Waals surface area (Å²) >= 11 is 1.87. The van der Waals surface area contributed by atoms with Crippen molar-refractivity contribution in [1.82, 2.24) is 4.90 Å². The van der Waals surface area contributed by atoms with E-state index in [0.29, 0.717) is 11.3 Å². The molecule has 1 saturated heterocycles. The number of carbonyl (C=O) groups excluding carboxylic acids is 2. The summed E-state index contributed by atoms with van der Waals surface area (Å²) in [5, 5.41) is 2.97. The Hall–Kier alpha value is -2.02. The Kier molecular flexibility index (Phi) is 8.56. The highest BCUT2D eigenvalue weighted by molar-refractivity contribution is 7.99. The van der Waals surface area contributed by atoms with E-state index in [1.165, 1.54) is 0 Å². The second kappa shape index (κ2) is 10.7. The number of benzene rings is 2. The molecule has 1 heterocycles. The molecule has 3 rings (SSSR count). The molecule has 0 spiro atoms. The maximum absolute atomic E-state index is 12.9. The third-order valence-corrected chi connectivity index (χ3v) is 6.20. The van der Waals surface area contributed by atoms with Gasteiger partial charge in [-0.25, -0.2) is 0 Å². The first-order valence-electron chi connectivity index (χ1n) is 9.57. The number of thioether (sulfide) groups is 1. The largest absolute Gasteiger partial charge is 0.337 e. The number of rotatable bonds is 5. The molecule has 156 valence electrons. The van der Waals surface area contributed by atoms with Crippen LogP contribution in [0.1, 0.15) is 34.5 Å². The molecule has 1 fully saturated rings. The van der Waals surface area contributed by atoms with E-state index in [9.17, 15) is 9.59 Å². The molecule has 0 saturated carbocycles. The van der Waals surface area contributed by atoms with Crippen LogP contribution in [0.5, 0.6) is 0 Å². The lowest BCUT2D eigenvalue weighted by atomic mass is 9.94. The van der Waals surface area contributed by atoms with Crippen LogP contribution in [0.25, 0.3) is 0 Å². The van der Waals surface area contributed by atoms with E-state index in [2.05, 4.69) is 5.32 Å². The summed E-state index contributed by atoms with van der Waals surface area (Å²) in [6.45, 7) is 5.23. The van der Waals surface area contributed by atoms with Gasteiger partial charge in [-0.15, -0.1) is 12.4 Å². The molecule has 0 radical (unpaired) electrons. The highest BCUT2D eigenvalue weighted by Crippen LogP contribution is 2.25. The van der Waals surface area contributed by atoms with Gasteiger partial charge in [-0.1, -0.05) is 43.3 Å². The number of nitrogens with one attached hydrogen (secondary N) is 1. The molecule has 5 nitrogen and oxygen atoms in total. The number of nitrogens with zero attached hydrogens (tertiary/aromatic N) is 1. The van der Waals surface area contributed by atoms with Gasteiger partial charge in [0.15, 0.2) is 0 Å². The van der Waals surface area contributed by atoms with Crippen LogP contribution in [0.15, 0.2) is 48.5 Å². The van der Waals surface area contributed by atoms with Crippen molar-refractivity contribution in [3.63, 3.8) is 0 Å². The zero-order valence-electron chi connectivity index (χ0n) is 16.8. The first-order valence-corrected chi connectivity index (χ1v) is 10.7. The minimum Gasteiger partial charge on any atom is -0.337 e. The molecule has 7 heteroatoms. The summed E-state index contributed by atoms with van der Waals surface area (Å²) in [6, 6.07) is 14.7. The van der Waals surface area contributed by atoms with Gasteiger partial charge in [0.25, 0.3) is 5.91 Å². The van der Waals surface area contributed by atoms with Crippen molar-refractivity contribution >= 4 is 41.7 Å². The van der Waals surface area contributed by atoms with E-state index in [1.807, 2.05) is 79.0 Å². The van der Waals surface area contributed by atoms with Crippen LogP contribution in [-0.4, -0.2) is 41.3 Å². The lowest BCUT2D eigenvalue weighted by Gasteiger charge is -2.27. The van der Waals surface area contributed by atoms with Crippen LogP contribution < -0.4 is 11.1 Å². The molecule has 0 aliphatic carbocycles. The predicted molar refractivity (Wildman–Crippen MR) is 123 cm³/mol. The number of halogens is 1. The van der Waals surface area contributed by atoms with E-state index in [-0.39, 0.29) is 24.2 Å². The number of nitrogens with two attached hydrogens (primary N) is 1. The van der Waals surface area contributed by atoms with Crippen molar-refractivity contribution in [2.45, 2.75) is 19.9 Å². The Morgan fingerprint density at radius 1 is 1.07 bits per heavy atom. The van der Waals surface area contributed by atoms with E-state index >= 15 is 0 Å². The Morgan fingerprint density at radius 3 is 2.38 bits per heavy atom. The fraction of sp³-hybridized carbons (Fsp3) is 0.364. The highest BCUT2D eigenvalue weighted by atomic mass is 35.5. The van der Waals surface area contributed by atoms with Crippen LogP contribution >= 0.6 is 24.2 Å². The maximum atomic E-state index is 12.9. The van der Waals surface area contributed by atoms with E-state index < -0.39 is 12.0 Å². The molecule has 29 heavy (non-hydrogen) atoms. The van der Waals surface area contributed by atoms with Crippen LogP contribution in [0.2, 0.25) is 0 Å². The molecule has 2 aromatic rings. The second-order valence-electron chi connectivity index (χ2n) is 7.10. The topological polar surface area (TPSA) is 75.4 Å². The lowest BCUT2D eigenvalue weighted by molar-refractivity contribution is -0.120. The molecule has 2 amide bonds. The van der Waals surface area contributed by atoms with Crippen molar-refractivity contribution in [1.29, 1.82) is 0 Å². The molecule has 2 atom stereocenters. The Bertz CT molecular complexity index is 841. The smallest absolute Gasteiger partial charge is 0.254 e. The zero-order valence-corrected chi connectivity index (χ0v) is 18.4. The van der Waals surface area contributed by atoms with Gasteiger partial charge in [0.05, 0.1) is 5.92 Å². The molecular weight excluding hydrogens is 406 g/mol. The minimum absolute atomic E-state index is 0. The Morgan fingerprint density at radius 2 is 1.72 bits per heavy atom. The summed E-state index contributed by atoms with van der Waals surface area (Å²) in [6.07, 6.45) is 0. The fourth-order valence-electron chi connectivity index (χ4n) is 3.31. The average molecular weight is 434 g/mol. The molecule has 1 aliphatic rings. The fourth-order valence-corrected chi connectivity index (χ4v) is 4.22. The molecular formula is C22H28ClN3O2S. The van der Waals surface area contributed by atoms with Gasteiger partial charge in [0.1, 0.15) is 0 Å². The van der Waals surface area contributed by atoms with Crippen LogP contribution in [-0.2, 0) is 4.79 Å². The molecule has 1 aliphatic heterocycles. The zero-order chi connectivity index (χ0) is 20.1. The SMILES string of the molecule is Cc1c(NC(=O)C(C)C(N)c2ccccc2)cccc1C(=O)N1CCSCC1.Cl. The van der Waals surface area contributed by atoms with Crippen LogP contribution in [0.3, 0.4) is 0 Å². The predicted octanol–water partition coefficient (Wildman–Crippen LogP) is 3.88. The van der Waals surface area contributed by atoms with Crippen LogP contribution in [0.4, 0.5) is 5.69 Å². The van der Waals surface area contributed by atoms with Crippen molar-refractivity contribution in [3.05, 3.63) is 65.2 Å². The van der Waals surface area contributed by atoms with Crippen molar-refractivity contribution in [2.24, 2.45) is 11.7 Å². The van der Waals surface area contributed by atoms with Gasteiger partial charge in [-0.2, -0.15) is 11.8 Å². The molecule has 2 aromatic carbocycles. The van der Waals surface area contributed by atoms with Gasteiger partial charge in [0, 0.05) is 41.9 Å². The van der Waals surface area contributed by atoms with E-state index in [1.54, 1.807) is 0 Å². The summed E-state index contributed by atoms with van der Waals surface area (Å²) in [7, 11) is 0. The van der Waals surface area contributed by atoms with Gasteiger partial charge in [0.2, 0.25) is 5.91 Å². The third kappa shape index (κ3) is 5.53. The normalized spacial score (nSPS) is 15.8. The first kappa shape index (κ1) is 23.3. The van der Waals surface area contributed by atoms with E-state index in [0.717, 1.165) is 35.7 Å². The first-order chi connectivity index (χ1) is 13.5. The third-order valence-electron chi connectivity index (χ3n) is 5.26. The number of carbonyl (C=O) groups is 2. The molecule has 0 bridgehead atoms. The Labute approximate surface area is 182 Å². The van der Waals surface area contributed by atoms with Crippen molar-refractivity contribution in [3.8, 4) is 0 Å². The standard InChI is InChI=1S/C22H27N3O2S.ClH/c1-15-18(22(27)25-11-13-28-14-12-25)9-6-10-19(15)24-21(26)16(2)20(23)17-7-4-3-5-8-17;/h3-10,16,20H,11-14,23H2,1-2H3,(H,24,26);1H. The number of amides is 2. The maximum Gasteiger partial charge on any atom is 0.254 e. The van der Waals surface area contributed by atoms with Crippen molar-refractivity contribution in [2.75, 3.05) is 29.9 Å². The number of hydrogen-bond donors (Lipinski definition) is 2. The van der Waals surface area contributed by atoms with Crippen LogP contribution in [0, 0.1) is 12.8 Å². The average Bonchev–Trinajstić information content (AvgIpc) is 2.75. The summed E-state index contributed by atoms with van der Waals surface area (Å²) in [5.41, 5.74) is 9.30.